The number of rotatable bonds is 5. The van der Waals surface area contributed by atoms with Crippen molar-refractivity contribution in [2.24, 2.45) is 0 Å². The lowest BCUT2D eigenvalue weighted by atomic mass is 10.3. The van der Waals surface area contributed by atoms with Crippen molar-refractivity contribution in [3.63, 3.8) is 0 Å². The fourth-order valence-electron chi connectivity index (χ4n) is 1.47. The summed E-state index contributed by atoms with van der Waals surface area (Å²) in [4.78, 5) is 5.37. The maximum Gasteiger partial charge on any atom is 0.123 e. The molecule has 0 atom stereocenters. The van der Waals surface area contributed by atoms with Crippen LogP contribution in [0.5, 0.6) is 0 Å². The molecule has 18 heavy (non-hydrogen) atoms. The highest BCUT2D eigenvalue weighted by molar-refractivity contribution is 7.99. The van der Waals surface area contributed by atoms with Gasteiger partial charge in [-0.05, 0) is 42.4 Å². The van der Waals surface area contributed by atoms with Crippen LogP contribution in [0.1, 0.15) is 12.5 Å². The minimum Gasteiger partial charge on any atom is -0.313 e. The van der Waals surface area contributed by atoms with Gasteiger partial charge in [0.25, 0.3) is 0 Å². The van der Waals surface area contributed by atoms with E-state index in [1.165, 1.54) is 29.5 Å². The van der Waals surface area contributed by atoms with Gasteiger partial charge in [0.15, 0.2) is 0 Å². The second kappa shape index (κ2) is 6.52. The summed E-state index contributed by atoms with van der Waals surface area (Å²) in [6.07, 6.45) is 1.87. The van der Waals surface area contributed by atoms with E-state index in [-0.39, 0.29) is 5.82 Å². The Bertz CT molecular complexity index is 482. The Morgan fingerprint density at radius 1 is 1.17 bits per heavy atom. The molecule has 0 unspecified atom stereocenters. The van der Waals surface area contributed by atoms with Gasteiger partial charge in [0.1, 0.15) is 10.8 Å². The van der Waals surface area contributed by atoms with Crippen LogP contribution in [0.2, 0.25) is 0 Å². The topological polar surface area (TPSA) is 24.9 Å². The summed E-state index contributed by atoms with van der Waals surface area (Å²) in [5, 5.41) is 4.17. The van der Waals surface area contributed by atoms with E-state index in [0.29, 0.717) is 0 Å². The van der Waals surface area contributed by atoms with Gasteiger partial charge >= 0.3 is 0 Å². The molecule has 0 radical (unpaired) electrons. The van der Waals surface area contributed by atoms with Gasteiger partial charge in [0.05, 0.1) is 0 Å². The number of nitrogens with zero attached hydrogens (tertiary/aromatic N) is 1. The van der Waals surface area contributed by atoms with E-state index in [1.807, 2.05) is 12.3 Å². The van der Waals surface area contributed by atoms with E-state index >= 15 is 0 Å². The zero-order chi connectivity index (χ0) is 12.8. The van der Waals surface area contributed by atoms with Crippen LogP contribution in [-0.2, 0) is 6.54 Å². The summed E-state index contributed by atoms with van der Waals surface area (Å²) in [7, 11) is 0. The second-order valence-corrected chi connectivity index (χ2v) is 4.93. The van der Waals surface area contributed by atoms with Crippen LogP contribution < -0.4 is 5.32 Å². The van der Waals surface area contributed by atoms with Crippen molar-refractivity contribution in [3.8, 4) is 0 Å². The van der Waals surface area contributed by atoms with Gasteiger partial charge in [0, 0.05) is 17.6 Å². The molecule has 0 amide bonds. The molecule has 0 spiro atoms. The number of halogens is 1. The minimum atomic E-state index is -0.215. The first-order valence-corrected chi connectivity index (χ1v) is 6.68. The fourth-order valence-corrected chi connectivity index (χ4v) is 2.22. The standard InChI is InChI=1S/C14H15FN2S/c1-2-16-9-11-3-8-14(17-10-11)18-13-6-4-12(15)5-7-13/h3-8,10,16H,2,9H2,1H3. The van der Waals surface area contributed by atoms with Gasteiger partial charge < -0.3 is 5.32 Å². The van der Waals surface area contributed by atoms with Gasteiger partial charge in [-0.15, -0.1) is 0 Å². The first-order chi connectivity index (χ1) is 8.78. The van der Waals surface area contributed by atoms with Crippen LogP contribution in [0.3, 0.4) is 0 Å². The monoisotopic (exact) mass is 262 g/mol. The predicted octanol–water partition coefficient (Wildman–Crippen LogP) is 3.48. The lowest BCUT2D eigenvalue weighted by molar-refractivity contribution is 0.626. The van der Waals surface area contributed by atoms with Crippen LogP contribution in [-0.4, -0.2) is 11.5 Å². The molecule has 1 heterocycles. The summed E-state index contributed by atoms with van der Waals surface area (Å²) < 4.78 is 12.8. The summed E-state index contributed by atoms with van der Waals surface area (Å²) in [5.41, 5.74) is 1.17. The van der Waals surface area contributed by atoms with Gasteiger partial charge in [-0.25, -0.2) is 9.37 Å². The Kier molecular flexibility index (Phi) is 4.73. The van der Waals surface area contributed by atoms with Gasteiger partial charge in [-0.2, -0.15) is 0 Å². The molecule has 0 bridgehead atoms. The Morgan fingerprint density at radius 2 is 1.94 bits per heavy atom. The van der Waals surface area contributed by atoms with Crippen molar-refractivity contribution in [1.29, 1.82) is 0 Å². The molecule has 1 aromatic heterocycles. The van der Waals surface area contributed by atoms with E-state index in [0.717, 1.165) is 23.0 Å². The number of hydrogen-bond acceptors (Lipinski definition) is 3. The first-order valence-electron chi connectivity index (χ1n) is 5.87. The molecule has 0 aliphatic rings. The summed E-state index contributed by atoms with van der Waals surface area (Å²) >= 11 is 1.53. The second-order valence-electron chi connectivity index (χ2n) is 3.84. The molecule has 94 valence electrons. The average Bonchev–Trinajstić information content (AvgIpc) is 2.41. The molecular weight excluding hydrogens is 247 g/mol. The van der Waals surface area contributed by atoms with E-state index in [2.05, 4.69) is 23.3 Å². The summed E-state index contributed by atoms with van der Waals surface area (Å²) in [5.74, 6) is -0.215. The zero-order valence-electron chi connectivity index (χ0n) is 10.2. The van der Waals surface area contributed by atoms with E-state index in [4.69, 9.17) is 0 Å². The van der Waals surface area contributed by atoms with Gasteiger partial charge in [0.2, 0.25) is 0 Å². The molecular formula is C14H15FN2S. The van der Waals surface area contributed by atoms with Gasteiger partial charge in [-0.1, -0.05) is 24.8 Å². The number of benzene rings is 1. The first kappa shape index (κ1) is 13.1. The van der Waals surface area contributed by atoms with Crippen LogP contribution in [0.4, 0.5) is 4.39 Å². The van der Waals surface area contributed by atoms with Gasteiger partial charge in [-0.3, -0.25) is 0 Å². The Labute approximate surface area is 111 Å². The van der Waals surface area contributed by atoms with Crippen molar-refractivity contribution in [2.45, 2.75) is 23.4 Å². The highest BCUT2D eigenvalue weighted by Crippen LogP contribution is 2.25. The molecule has 2 nitrogen and oxygen atoms in total. The van der Waals surface area contributed by atoms with Crippen molar-refractivity contribution in [2.75, 3.05) is 6.54 Å². The SMILES string of the molecule is CCNCc1ccc(Sc2ccc(F)cc2)nc1. The maximum absolute atomic E-state index is 12.8. The third-order valence-corrected chi connectivity index (χ3v) is 3.37. The maximum atomic E-state index is 12.8. The molecule has 0 aliphatic heterocycles. The molecule has 2 rings (SSSR count). The molecule has 0 saturated heterocycles. The molecule has 1 N–H and O–H groups in total. The third kappa shape index (κ3) is 3.82. The highest BCUT2D eigenvalue weighted by Gasteiger charge is 2.00. The third-order valence-electron chi connectivity index (χ3n) is 2.41. The van der Waals surface area contributed by atoms with E-state index in [1.54, 1.807) is 12.1 Å². The number of hydrogen-bond donors (Lipinski definition) is 1. The predicted molar refractivity (Wildman–Crippen MR) is 72.1 cm³/mol. The summed E-state index contributed by atoms with van der Waals surface area (Å²) in [6.45, 7) is 3.86. The Balaban J connectivity index is 1.99. The van der Waals surface area contributed by atoms with E-state index in [9.17, 15) is 4.39 Å². The molecule has 0 fully saturated rings. The van der Waals surface area contributed by atoms with Crippen molar-refractivity contribution >= 4 is 11.8 Å². The lowest BCUT2D eigenvalue weighted by Crippen LogP contribution is -2.11. The van der Waals surface area contributed by atoms with Crippen LogP contribution >= 0.6 is 11.8 Å². The largest absolute Gasteiger partial charge is 0.313 e. The van der Waals surface area contributed by atoms with Crippen LogP contribution in [0.25, 0.3) is 0 Å². The summed E-state index contributed by atoms with van der Waals surface area (Å²) in [6, 6.07) is 10.5. The van der Waals surface area contributed by atoms with Crippen molar-refractivity contribution in [1.82, 2.24) is 10.3 Å². The molecule has 4 heteroatoms. The smallest absolute Gasteiger partial charge is 0.123 e. The minimum absolute atomic E-state index is 0.215. The van der Waals surface area contributed by atoms with Crippen molar-refractivity contribution < 1.29 is 4.39 Å². The zero-order valence-corrected chi connectivity index (χ0v) is 11.0. The molecule has 1 aromatic carbocycles. The fraction of sp³-hybridized carbons (Fsp3) is 0.214. The van der Waals surface area contributed by atoms with Crippen LogP contribution in [0, 0.1) is 5.82 Å². The average molecular weight is 262 g/mol. The number of pyridine rings is 1. The van der Waals surface area contributed by atoms with E-state index < -0.39 is 0 Å². The number of nitrogens with one attached hydrogen (secondary N) is 1. The highest BCUT2D eigenvalue weighted by atomic mass is 32.2. The molecule has 2 aromatic rings. The van der Waals surface area contributed by atoms with Crippen LogP contribution in [0.15, 0.2) is 52.5 Å². The quantitative estimate of drug-likeness (QED) is 0.893. The molecule has 0 saturated carbocycles. The Morgan fingerprint density at radius 3 is 2.56 bits per heavy atom. The van der Waals surface area contributed by atoms with Crippen molar-refractivity contribution in [3.05, 3.63) is 54.0 Å². The molecule has 0 aliphatic carbocycles. The lowest BCUT2D eigenvalue weighted by Gasteiger charge is -2.04. The Hall–Kier alpha value is -1.39. The normalized spacial score (nSPS) is 10.6. The number of aromatic nitrogens is 1.